The van der Waals surface area contributed by atoms with E-state index in [0.29, 0.717) is 13.0 Å². The van der Waals surface area contributed by atoms with Gasteiger partial charge in [-0.1, -0.05) is 28.1 Å². The maximum atomic E-state index is 11.4. The molecule has 0 aliphatic heterocycles. The molecule has 0 unspecified atom stereocenters. The monoisotopic (exact) mass is 284 g/mol. The minimum absolute atomic E-state index is 0.107. The first-order valence-electron chi connectivity index (χ1n) is 5.38. The third-order valence-corrected chi connectivity index (χ3v) is 2.70. The fourth-order valence-corrected chi connectivity index (χ4v) is 1.81. The van der Waals surface area contributed by atoms with Crippen LogP contribution in [0.5, 0.6) is 0 Å². The molecular formula is C12H17BrN2O. The van der Waals surface area contributed by atoms with Gasteiger partial charge in [0.25, 0.3) is 0 Å². The molecule has 3 nitrogen and oxygen atoms in total. The number of amides is 1. The van der Waals surface area contributed by atoms with Crippen LogP contribution in [0.15, 0.2) is 28.7 Å². The molecule has 0 saturated heterocycles. The predicted octanol–water partition coefficient (Wildman–Crippen LogP) is 2.06. The molecule has 0 aliphatic rings. The van der Waals surface area contributed by atoms with E-state index in [1.807, 2.05) is 31.3 Å². The SMILES string of the molecule is CNCCCC(=O)NCc1cccc(Br)c1. The largest absolute Gasteiger partial charge is 0.352 e. The highest BCUT2D eigenvalue weighted by Crippen LogP contribution is 2.11. The number of nitrogens with one attached hydrogen (secondary N) is 2. The van der Waals surface area contributed by atoms with Gasteiger partial charge in [-0.05, 0) is 37.7 Å². The lowest BCUT2D eigenvalue weighted by molar-refractivity contribution is -0.121. The van der Waals surface area contributed by atoms with Gasteiger partial charge in [0.1, 0.15) is 0 Å². The fourth-order valence-electron chi connectivity index (χ4n) is 1.36. The first kappa shape index (κ1) is 13.2. The lowest BCUT2D eigenvalue weighted by atomic mass is 10.2. The van der Waals surface area contributed by atoms with Gasteiger partial charge >= 0.3 is 0 Å². The Morgan fingerprint density at radius 1 is 1.44 bits per heavy atom. The van der Waals surface area contributed by atoms with Crippen molar-refractivity contribution in [3.05, 3.63) is 34.3 Å². The standard InChI is InChI=1S/C12H17BrN2O/c1-14-7-3-6-12(16)15-9-10-4-2-5-11(13)8-10/h2,4-5,8,14H,3,6-7,9H2,1H3,(H,15,16). The molecule has 1 aromatic carbocycles. The van der Waals surface area contributed by atoms with Crippen molar-refractivity contribution in [1.29, 1.82) is 0 Å². The minimum Gasteiger partial charge on any atom is -0.352 e. The van der Waals surface area contributed by atoms with Crippen LogP contribution in [0, 0.1) is 0 Å². The maximum absolute atomic E-state index is 11.4. The fraction of sp³-hybridized carbons (Fsp3) is 0.417. The number of hydrogen-bond donors (Lipinski definition) is 2. The lowest BCUT2D eigenvalue weighted by Crippen LogP contribution is -2.23. The van der Waals surface area contributed by atoms with Crippen molar-refractivity contribution >= 4 is 21.8 Å². The zero-order valence-electron chi connectivity index (χ0n) is 9.42. The van der Waals surface area contributed by atoms with Crippen LogP contribution in [0.1, 0.15) is 18.4 Å². The highest BCUT2D eigenvalue weighted by molar-refractivity contribution is 9.10. The molecule has 16 heavy (non-hydrogen) atoms. The molecule has 4 heteroatoms. The summed E-state index contributed by atoms with van der Waals surface area (Å²) in [5.41, 5.74) is 1.11. The molecule has 88 valence electrons. The van der Waals surface area contributed by atoms with Gasteiger partial charge < -0.3 is 10.6 Å². The van der Waals surface area contributed by atoms with E-state index in [-0.39, 0.29) is 5.91 Å². The van der Waals surface area contributed by atoms with Crippen molar-refractivity contribution < 1.29 is 4.79 Å². The van der Waals surface area contributed by atoms with E-state index in [9.17, 15) is 4.79 Å². The van der Waals surface area contributed by atoms with Crippen molar-refractivity contribution in [3.8, 4) is 0 Å². The van der Waals surface area contributed by atoms with Crippen LogP contribution in [-0.4, -0.2) is 19.5 Å². The quantitative estimate of drug-likeness (QED) is 0.786. The summed E-state index contributed by atoms with van der Waals surface area (Å²) >= 11 is 3.40. The molecule has 0 radical (unpaired) electrons. The highest BCUT2D eigenvalue weighted by atomic mass is 79.9. The summed E-state index contributed by atoms with van der Waals surface area (Å²) < 4.78 is 1.04. The van der Waals surface area contributed by atoms with Gasteiger partial charge in [-0.25, -0.2) is 0 Å². The summed E-state index contributed by atoms with van der Waals surface area (Å²) in [7, 11) is 1.89. The second kappa shape index (κ2) is 7.41. The van der Waals surface area contributed by atoms with Gasteiger partial charge in [-0.3, -0.25) is 4.79 Å². The molecule has 0 aliphatic carbocycles. The number of hydrogen-bond acceptors (Lipinski definition) is 2. The van der Waals surface area contributed by atoms with E-state index in [2.05, 4.69) is 26.6 Å². The molecule has 1 aromatic rings. The van der Waals surface area contributed by atoms with Crippen LogP contribution >= 0.6 is 15.9 Å². The Morgan fingerprint density at radius 2 is 2.25 bits per heavy atom. The van der Waals surface area contributed by atoms with Crippen molar-refractivity contribution in [2.75, 3.05) is 13.6 Å². The summed E-state index contributed by atoms with van der Waals surface area (Å²) in [6, 6.07) is 7.94. The molecular weight excluding hydrogens is 268 g/mol. The average Bonchev–Trinajstić information content (AvgIpc) is 2.27. The van der Waals surface area contributed by atoms with Crippen LogP contribution in [0.4, 0.5) is 0 Å². The Hall–Kier alpha value is -0.870. The van der Waals surface area contributed by atoms with Crippen molar-refractivity contribution in [2.24, 2.45) is 0 Å². The van der Waals surface area contributed by atoms with E-state index >= 15 is 0 Å². The Bertz CT molecular complexity index is 342. The predicted molar refractivity (Wildman–Crippen MR) is 69.1 cm³/mol. The van der Waals surface area contributed by atoms with E-state index in [1.165, 1.54) is 0 Å². The van der Waals surface area contributed by atoms with E-state index in [1.54, 1.807) is 0 Å². The Labute approximate surface area is 105 Å². The van der Waals surface area contributed by atoms with Crippen molar-refractivity contribution in [2.45, 2.75) is 19.4 Å². The van der Waals surface area contributed by atoms with Gasteiger partial charge in [0.2, 0.25) is 5.91 Å². The minimum atomic E-state index is 0.107. The zero-order chi connectivity index (χ0) is 11.8. The summed E-state index contributed by atoms with van der Waals surface area (Å²) in [5.74, 6) is 0.107. The molecule has 0 aromatic heterocycles. The van der Waals surface area contributed by atoms with Crippen LogP contribution < -0.4 is 10.6 Å². The number of benzene rings is 1. The van der Waals surface area contributed by atoms with Crippen LogP contribution in [0.3, 0.4) is 0 Å². The smallest absolute Gasteiger partial charge is 0.220 e. The summed E-state index contributed by atoms with van der Waals surface area (Å²) in [5, 5.41) is 5.92. The normalized spacial score (nSPS) is 10.1. The molecule has 1 amide bonds. The van der Waals surface area contributed by atoms with E-state index < -0.39 is 0 Å². The Morgan fingerprint density at radius 3 is 2.94 bits per heavy atom. The lowest BCUT2D eigenvalue weighted by Gasteiger charge is -2.05. The van der Waals surface area contributed by atoms with Gasteiger partial charge in [0.15, 0.2) is 0 Å². The number of carbonyl (C=O) groups is 1. The highest BCUT2D eigenvalue weighted by Gasteiger charge is 2.00. The topological polar surface area (TPSA) is 41.1 Å². The molecule has 0 spiro atoms. The van der Waals surface area contributed by atoms with Crippen LogP contribution in [0.2, 0.25) is 0 Å². The van der Waals surface area contributed by atoms with Gasteiger partial charge in [0, 0.05) is 17.4 Å². The Kier molecular flexibility index (Phi) is 6.11. The molecule has 0 saturated carbocycles. The summed E-state index contributed by atoms with van der Waals surface area (Å²) in [6.45, 7) is 1.47. The van der Waals surface area contributed by atoms with Crippen molar-refractivity contribution in [1.82, 2.24) is 10.6 Å². The summed E-state index contributed by atoms with van der Waals surface area (Å²) in [4.78, 5) is 11.4. The Balaban J connectivity index is 2.26. The van der Waals surface area contributed by atoms with E-state index in [0.717, 1.165) is 23.0 Å². The van der Waals surface area contributed by atoms with Crippen LogP contribution in [0.25, 0.3) is 0 Å². The zero-order valence-corrected chi connectivity index (χ0v) is 11.0. The van der Waals surface area contributed by atoms with Gasteiger partial charge in [-0.15, -0.1) is 0 Å². The van der Waals surface area contributed by atoms with Gasteiger partial charge in [-0.2, -0.15) is 0 Å². The molecule has 0 fully saturated rings. The average molecular weight is 285 g/mol. The van der Waals surface area contributed by atoms with E-state index in [4.69, 9.17) is 0 Å². The van der Waals surface area contributed by atoms with Crippen molar-refractivity contribution in [3.63, 3.8) is 0 Å². The second-order valence-corrected chi connectivity index (χ2v) is 4.53. The third kappa shape index (κ3) is 5.28. The molecule has 0 atom stereocenters. The number of halogens is 1. The second-order valence-electron chi connectivity index (χ2n) is 3.61. The first-order chi connectivity index (χ1) is 7.72. The molecule has 1 rings (SSSR count). The van der Waals surface area contributed by atoms with Gasteiger partial charge in [0.05, 0.1) is 0 Å². The molecule has 2 N–H and O–H groups in total. The first-order valence-corrected chi connectivity index (χ1v) is 6.17. The number of carbonyl (C=O) groups excluding carboxylic acids is 1. The maximum Gasteiger partial charge on any atom is 0.220 e. The third-order valence-electron chi connectivity index (χ3n) is 2.21. The van der Waals surface area contributed by atoms with Crippen LogP contribution in [-0.2, 0) is 11.3 Å². The molecule has 0 bridgehead atoms. The number of rotatable bonds is 6. The summed E-state index contributed by atoms with van der Waals surface area (Å²) in [6.07, 6.45) is 1.45. The molecule has 0 heterocycles.